The summed E-state index contributed by atoms with van der Waals surface area (Å²) >= 11 is 0. The maximum atomic E-state index is 13.0. The average Bonchev–Trinajstić information content (AvgIpc) is 3.33. The number of hydrogen-bond acceptors (Lipinski definition) is 4. The van der Waals surface area contributed by atoms with Crippen LogP contribution in [0.1, 0.15) is 82.0 Å². The van der Waals surface area contributed by atoms with Crippen LogP contribution in [0, 0.1) is 0 Å². The van der Waals surface area contributed by atoms with E-state index < -0.39 is 0 Å². The van der Waals surface area contributed by atoms with Gasteiger partial charge in [-0.2, -0.15) is 0 Å². The number of fused-ring (bicyclic) bond motifs is 2. The molecule has 2 aromatic carbocycles. The predicted molar refractivity (Wildman–Crippen MR) is 116 cm³/mol. The molecule has 1 aromatic heterocycles. The van der Waals surface area contributed by atoms with E-state index in [0.29, 0.717) is 22.5 Å². The number of imide groups is 1. The topological polar surface area (TPSA) is 95.2 Å². The van der Waals surface area contributed by atoms with Gasteiger partial charge < -0.3 is 10.3 Å². The normalized spacial score (nSPS) is 17.8. The fourth-order valence-electron chi connectivity index (χ4n) is 4.60. The Morgan fingerprint density at radius 2 is 1.81 bits per heavy atom. The Morgan fingerprint density at radius 1 is 1.06 bits per heavy atom. The van der Waals surface area contributed by atoms with E-state index in [2.05, 4.69) is 15.3 Å². The van der Waals surface area contributed by atoms with Crippen LogP contribution in [-0.4, -0.2) is 38.6 Å². The predicted octanol–water partition coefficient (Wildman–Crippen LogP) is 3.98. The van der Waals surface area contributed by atoms with E-state index in [1.165, 1.54) is 4.90 Å². The van der Waals surface area contributed by atoms with Crippen LogP contribution in [0.3, 0.4) is 0 Å². The zero-order chi connectivity index (χ0) is 21.5. The minimum atomic E-state index is -0.343. The third-order valence-corrected chi connectivity index (χ3v) is 6.29. The molecule has 1 fully saturated rings. The van der Waals surface area contributed by atoms with Gasteiger partial charge in [0, 0.05) is 11.6 Å². The molecule has 0 radical (unpaired) electrons. The van der Waals surface area contributed by atoms with E-state index in [9.17, 15) is 14.4 Å². The van der Waals surface area contributed by atoms with Crippen molar-refractivity contribution in [1.82, 2.24) is 20.2 Å². The molecule has 0 saturated heterocycles. The number of para-hydroxylation sites is 2. The quantitative estimate of drug-likeness (QED) is 0.629. The number of amides is 3. The summed E-state index contributed by atoms with van der Waals surface area (Å²) in [6.45, 7) is 1.85. The maximum absolute atomic E-state index is 13.0. The standard InChI is InChI=1S/C24H24N4O3/c1-14(21-26-19-9-5-6-10-20(19)27-21)25-22(29)15-11-12-17-18(13-15)24(31)28(23(17)30)16-7-3-2-4-8-16/h5-6,9-14,16H,2-4,7-8H2,1H3,(H,25,29)(H,26,27). The molecule has 1 aliphatic carbocycles. The van der Waals surface area contributed by atoms with Crippen molar-refractivity contribution in [3.05, 3.63) is 65.0 Å². The van der Waals surface area contributed by atoms with Gasteiger partial charge in [0.25, 0.3) is 17.7 Å². The summed E-state index contributed by atoms with van der Waals surface area (Å²) in [5.41, 5.74) is 2.80. The highest BCUT2D eigenvalue weighted by Gasteiger charge is 2.40. The number of nitrogens with one attached hydrogen (secondary N) is 2. The number of carbonyl (C=O) groups is 3. The molecule has 158 valence electrons. The molecule has 1 saturated carbocycles. The van der Waals surface area contributed by atoms with Gasteiger partial charge in [-0.25, -0.2) is 4.98 Å². The SMILES string of the molecule is CC(NC(=O)c1ccc2c(c1)C(=O)N(C1CCCCC1)C2=O)c1nc2ccccc2[nH]1. The molecule has 2 N–H and O–H groups in total. The molecular formula is C24H24N4O3. The van der Waals surface area contributed by atoms with Gasteiger partial charge in [-0.3, -0.25) is 19.3 Å². The van der Waals surface area contributed by atoms with Crippen molar-refractivity contribution >= 4 is 28.8 Å². The van der Waals surface area contributed by atoms with Gasteiger partial charge >= 0.3 is 0 Å². The van der Waals surface area contributed by atoms with Crippen molar-refractivity contribution in [3.63, 3.8) is 0 Å². The summed E-state index contributed by atoms with van der Waals surface area (Å²) in [6.07, 6.45) is 4.92. The fourth-order valence-corrected chi connectivity index (χ4v) is 4.60. The van der Waals surface area contributed by atoms with Crippen molar-refractivity contribution in [2.24, 2.45) is 0 Å². The minimum absolute atomic E-state index is 0.0356. The largest absolute Gasteiger partial charge is 0.342 e. The second-order valence-electron chi connectivity index (χ2n) is 8.37. The van der Waals surface area contributed by atoms with Crippen molar-refractivity contribution in [2.75, 3.05) is 0 Å². The number of aromatic amines is 1. The van der Waals surface area contributed by atoms with Gasteiger partial charge in [0.1, 0.15) is 5.82 Å². The van der Waals surface area contributed by atoms with E-state index in [1.807, 2.05) is 31.2 Å². The van der Waals surface area contributed by atoms with Crippen LogP contribution in [0.15, 0.2) is 42.5 Å². The van der Waals surface area contributed by atoms with Crippen LogP contribution < -0.4 is 5.32 Å². The highest BCUT2D eigenvalue weighted by Crippen LogP contribution is 2.31. The van der Waals surface area contributed by atoms with Gasteiger partial charge in [-0.1, -0.05) is 31.4 Å². The number of imidazole rings is 1. The van der Waals surface area contributed by atoms with Crippen molar-refractivity contribution < 1.29 is 14.4 Å². The summed E-state index contributed by atoms with van der Waals surface area (Å²) in [5.74, 6) is -0.182. The maximum Gasteiger partial charge on any atom is 0.261 e. The van der Waals surface area contributed by atoms with Gasteiger partial charge in [-0.05, 0) is 50.1 Å². The third-order valence-electron chi connectivity index (χ3n) is 6.29. The van der Waals surface area contributed by atoms with E-state index >= 15 is 0 Å². The average molecular weight is 416 g/mol. The van der Waals surface area contributed by atoms with E-state index in [-0.39, 0.29) is 29.8 Å². The second-order valence-corrected chi connectivity index (χ2v) is 8.37. The highest BCUT2D eigenvalue weighted by atomic mass is 16.2. The monoisotopic (exact) mass is 416 g/mol. The molecule has 0 bridgehead atoms. The van der Waals surface area contributed by atoms with Crippen LogP contribution >= 0.6 is 0 Å². The van der Waals surface area contributed by atoms with Crippen molar-refractivity contribution in [2.45, 2.75) is 51.1 Å². The Balaban J connectivity index is 1.35. The Bertz CT molecular complexity index is 1160. The first-order chi connectivity index (χ1) is 15.0. The number of carbonyl (C=O) groups excluding carboxylic acids is 3. The third kappa shape index (κ3) is 3.40. The second kappa shape index (κ2) is 7.65. The number of rotatable bonds is 4. The molecule has 2 aliphatic rings. The molecule has 2 heterocycles. The number of benzene rings is 2. The zero-order valence-corrected chi connectivity index (χ0v) is 17.4. The van der Waals surface area contributed by atoms with E-state index in [1.54, 1.807) is 18.2 Å². The molecule has 1 aliphatic heterocycles. The fraction of sp³-hybridized carbons (Fsp3) is 0.333. The van der Waals surface area contributed by atoms with E-state index in [4.69, 9.17) is 0 Å². The van der Waals surface area contributed by atoms with Crippen molar-refractivity contribution in [3.8, 4) is 0 Å². The number of hydrogen-bond donors (Lipinski definition) is 2. The first kappa shape index (κ1) is 19.5. The Morgan fingerprint density at radius 3 is 2.58 bits per heavy atom. The van der Waals surface area contributed by atoms with Crippen LogP contribution in [-0.2, 0) is 0 Å². The molecule has 1 unspecified atom stereocenters. The summed E-state index contributed by atoms with van der Waals surface area (Å²) in [6, 6.07) is 12.0. The Kier molecular flexibility index (Phi) is 4.81. The lowest BCUT2D eigenvalue weighted by Gasteiger charge is -2.29. The van der Waals surface area contributed by atoms with Crippen LogP contribution in [0.5, 0.6) is 0 Å². The van der Waals surface area contributed by atoms with E-state index in [0.717, 1.165) is 43.1 Å². The summed E-state index contributed by atoms with van der Waals surface area (Å²) in [7, 11) is 0. The van der Waals surface area contributed by atoms with Crippen LogP contribution in [0.4, 0.5) is 0 Å². The summed E-state index contributed by atoms with van der Waals surface area (Å²) in [5, 5.41) is 2.92. The minimum Gasteiger partial charge on any atom is -0.342 e. The molecule has 7 nitrogen and oxygen atoms in total. The van der Waals surface area contributed by atoms with Gasteiger partial charge in [0.05, 0.1) is 28.2 Å². The highest BCUT2D eigenvalue weighted by molar-refractivity contribution is 6.22. The lowest BCUT2D eigenvalue weighted by atomic mass is 9.94. The van der Waals surface area contributed by atoms with Crippen molar-refractivity contribution in [1.29, 1.82) is 0 Å². The first-order valence-electron chi connectivity index (χ1n) is 10.8. The molecule has 0 spiro atoms. The number of H-pyrrole nitrogens is 1. The molecular weight excluding hydrogens is 392 g/mol. The summed E-state index contributed by atoms with van der Waals surface area (Å²) in [4.78, 5) is 47.8. The Hall–Kier alpha value is -3.48. The van der Waals surface area contributed by atoms with Gasteiger partial charge in [0.15, 0.2) is 0 Å². The lowest BCUT2D eigenvalue weighted by Crippen LogP contribution is -2.40. The number of nitrogens with zero attached hydrogens (tertiary/aromatic N) is 2. The zero-order valence-electron chi connectivity index (χ0n) is 17.4. The van der Waals surface area contributed by atoms with Gasteiger partial charge in [-0.15, -0.1) is 0 Å². The first-order valence-corrected chi connectivity index (χ1v) is 10.8. The molecule has 7 heteroatoms. The molecule has 1 atom stereocenters. The summed E-state index contributed by atoms with van der Waals surface area (Å²) < 4.78 is 0. The molecule has 31 heavy (non-hydrogen) atoms. The van der Waals surface area contributed by atoms with Gasteiger partial charge in [0.2, 0.25) is 0 Å². The van der Waals surface area contributed by atoms with Crippen LogP contribution in [0.25, 0.3) is 11.0 Å². The Labute approximate surface area is 179 Å². The lowest BCUT2D eigenvalue weighted by molar-refractivity contribution is 0.0548. The number of aromatic nitrogens is 2. The molecule has 3 aromatic rings. The molecule has 5 rings (SSSR count). The smallest absolute Gasteiger partial charge is 0.261 e. The molecule has 3 amide bonds. The van der Waals surface area contributed by atoms with Crippen LogP contribution in [0.2, 0.25) is 0 Å².